The number of likely N-dealkylation sites (tertiary alicyclic amines) is 1. The van der Waals surface area contributed by atoms with Crippen LogP contribution in [0.25, 0.3) is 10.8 Å². The highest BCUT2D eigenvalue weighted by Crippen LogP contribution is 2.20. The normalized spacial score (nSPS) is 14.8. The molecule has 1 fully saturated rings. The van der Waals surface area contributed by atoms with Crippen molar-refractivity contribution in [1.82, 2.24) is 9.88 Å². The topological polar surface area (TPSA) is 45.2 Å². The molecule has 1 aromatic carbocycles. The van der Waals surface area contributed by atoms with Crippen molar-refractivity contribution in [2.75, 3.05) is 25.0 Å². The van der Waals surface area contributed by atoms with E-state index in [1.807, 2.05) is 35.2 Å². The predicted molar refractivity (Wildman–Crippen MR) is 76.0 cm³/mol. The van der Waals surface area contributed by atoms with Crippen LogP contribution in [0.3, 0.4) is 0 Å². The number of anilines is 1. The molecule has 1 aliphatic heterocycles. The first kappa shape index (κ1) is 12.0. The summed E-state index contributed by atoms with van der Waals surface area (Å²) in [6, 6.07) is 10.0. The Kier molecular flexibility index (Phi) is 3.31. The number of carbonyl (C=O) groups is 1. The summed E-state index contributed by atoms with van der Waals surface area (Å²) in [4.78, 5) is 18.2. The van der Waals surface area contributed by atoms with Gasteiger partial charge < -0.3 is 10.2 Å². The lowest BCUT2D eigenvalue weighted by molar-refractivity contribution is -0.128. The third kappa shape index (κ3) is 2.52. The molecule has 3 rings (SSSR count). The average molecular weight is 255 g/mol. The molecule has 1 aliphatic rings. The molecule has 4 nitrogen and oxygen atoms in total. The van der Waals surface area contributed by atoms with Gasteiger partial charge in [-0.05, 0) is 24.3 Å². The number of nitrogens with one attached hydrogen (secondary N) is 1. The molecule has 4 heteroatoms. The van der Waals surface area contributed by atoms with E-state index >= 15 is 0 Å². The SMILES string of the molecule is O=C(CNc1nccc2ccccc12)N1CCCC1. The van der Waals surface area contributed by atoms with Gasteiger partial charge in [-0.1, -0.05) is 24.3 Å². The highest BCUT2D eigenvalue weighted by molar-refractivity contribution is 5.93. The molecular formula is C15H17N3O. The van der Waals surface area contributed by atoms with Crippen molar-refractivity contribution in [3.63, 3.8) is 0 Å². The monoisotopic (exact) mass is 255 g/mol. The summed E-state index contributed by atoms with van der Waals surface area (Å²) in [5.74, 6) is 0.942. The quantitative estimate of drug-likeness (QED) is 0.915. The van der Waals surface area contributed by atoms with Crippen molar-refractivity contribution in [1.29, 1.82) is 0 Å². The highest BCUT2D eigenvalue weighted by atomic mass is 16.2. The zero-order valence-corrected chi connectivity index (χ0v) is 10.8. The molecule has 0 saturated carbocycles. The summed E-state index contributed by atoms with van der Waals surface area (Å²) in [7, 11) is 0. The van der Waals surface area contributed by atoms with Crippen LogP contribution >= 0.6 is 0 Å². The van der Waals surface area contributed by atoms with E-state index in [0.29, 0.717) is 6.54 Å². The summed E-state index contributed by atoms with van der Waals surface area (Å²) >= 11 is 0. The smallest absolute Gasteiger partial charge is 0.241 e. The number of hydrogen-bond donors (Lipinski definition) is 1. The van der Waals surface area contributed by atoms with Crippen LogP contribution < -0.4 is 5.32 Å². The first-order valence-corrected chi connectivity index (χ1v) is 6.70. The number of fused-ring (bicyclic) bond motifs is 1. The molecule has 0 radical (unpaired) electrons. The van der Waals surface area contributed by atoms with Gasteiger partial charge in [0, 0.05) is 24.7 Å². The molecule has 0 atom stereocenters. The Morgan fingerprint density at radius 2 is 2.00 bits per heavy atom. The Morgan fingerprint density at radius 1 is 1.21 bits per heavy atom. The fraction of sp³-hybridized carbons (Fsp3) is 0.333. The fourth-order valence-corrected chi connectivity index (χ4v) is 2.50. The van der Waals surface area contributed by atoms with E-state index in [2.05, 4.69) is 10.3 Å². The second-order valence-corrected chi connectivity index (χ2v) is 4.82. The van der Waals surface area contributed by atoms with Crippen LogP contribution in [0.15, 0.2) is 36.5 Å². The molecular weight excluding hydrogens is 238 g/mol. The predicted octanol–water partition coefficient (Wildman–Crippen LogP) is 2.27. The zero-order chi connectivity index (χ0) is 13.1. The van der Waals surface area contributed by atoms with Crippen molar-refractivity contribution in [2.24, 2.45) is 0 Å². The van der Waals surface area contributed by atoms with Crippen LogP contribution in [-0.2, 0) is 4.79 Å². The molecule has 98 valence electrons. The standard InChI is InChI=1S/C15H17N3O/c19-14(18-9-3-4-10-18)11-17-15-13-6-2-1-5-12(13)7-8-16-15/h1-2,5-8H,3-4,9-11H2,(H,16,17). The minimum absolute atomic E-state index is 0.159. The molecule has 1 saturated heterocycles. The lowest BCUT2D eigenvalue weighted by atomic mass is 10.1. The van der Waals surface area contributed by atoms with Crippen molar-refractivity contribution in [2.45, 2.75) is 12.8 Å². The minimum Gasteiger partial charge on any atom is -0.360 e. The van der Waals surface area contributed by atoms with Gasteiger partial charge in [-0.2, -0.15) is 0 Å². The first-order valence-electron chi connectivity index (χ1n) is 6.70. The number of benzene rings is 1. The van der Waals surface area contributed by atoms with E-state index < -0.39 is 0 Å². The van der Waals surface area contributed by atoms with Gasteiger partial charge in [0.15, 0.2) is 0 Å². The third-order valence-corrected chi connectivity index (χ3v) is 3.54. The fourth-order valence-electron chi connectivity index (χ4n) is 2.50. The van der Waals surface area contributed by atoms with Gasteiger partial charge in [0.2, 0.25) is 5.91 Å². The molecule has 0 unspecified atom stereocenters. The molecule has 1 N–H and O–H groups in total. The van der Waals surface area contributed by atoms with E-state index in [1.165, 1.54) is 0 Å². The molecule has 0 spiro atoms. The van der Waals surface area contributed by atoms with Gasteiger partial charge in [0.05, 0.1) is 6.54 Å². The number of carbonyl (C=O) groups excluding carboxylic acids is 1. The first-order chi connectivity index (χ1) is 9.34. The maximum absolute atomic E-state index is 12.0. The van der Waals surface area contributed by atoms with Gasteiger partial charge in [-0.25, -0.2) is 4.98 Å². The number of amides is 1. The number of aromatic nitrogens is 1. The summed E-state index contributed by atoms with van der Waals surface area (Å²) in [6.45, 7) is 2.11. The van der Waals surface area contributed by atoms with E-state index in [9.17, 15) is 4.79 Å². The summed E-state index contributed by atoms with van der Waals surface area (Å²) in [6.07, 6.45) is 4.02. The van der Waals surface area contributed by atoms with Gasteiger partial charge in [0.25, 0.3) is 0 Å². The van der Waals surface area contributed by atoms with Gasteiger partial charge >= 0.3 is 0 Å². The Hall–Kier alpha value is -2.10. The lowest BCUT2D eigenvalue weighted by Crippen LogP contribution is -2.33. The van der Waals surface area contributed by atoms with Crippen molar-refractivity contribution in [3.8, 4) is 0 Å². The number of hydrogen-bond acceptors (Lipinski definition) is 3. The number of nitrogens with zero attached hydrogens (tertiary/aromatic N) is 2. The van der Waals surface area contributed by atoms with Crippen LogP contribution in [0.1, 0.15) is 12.8 Å². The molecule has 19 heavy (non-hydrogen) atoms. The van der Waals surface area contributed by atoms with Gasteiger partial charge in [-0.15, -0.1) is 0 Å². The molecule has 1 amide bonds. The van der Waals surface area contributed by atoms with Crippen LogP contribution in [-0.4, -0.2) is 35.4 Å². The lowest BCUT2D eigenvalue weighted by Gasteiger charge is -2.16. The van der Waals surface area contributed by atoms with Crippen LogP contribution in [0.4, 0.5) is 5.82 Å². The Balaban J connectivity index is 1.73. The van der Waals surface area contributed by atoms with Gasteiger partial charge in [0.1, 0.15) is 5.82 Å². The molecule has 2 aromatic rings. The number of pyridine rings is 1. The summed E-state index contributed by atoms with van der Waals surface area (Å²) < 4.78 is 0. The van der Waals surface area contributed by atoms with Crippen molar-refractivity contribution < 1.29 is 4.79 Å². The van der Waals surface area contributed by atoms with Crippen molar-refractivity contribution in [3.05, 3.63) is 36.5 Å². The highest BCUT2D eigenvalue weighted by Gasteiger charge is 2.17. The third-order valence-electron chi connectivity index (χ3n) is 3.54. The molecule has 0 aliphatic carbocycles. The summed E-state index contributed by atoms with van der Waals surface area (Å²) in [5.41, 5.74) is 0. The largest absolute Gasteiger partial charge is 0.360 e. The average Bonchev–Trinajstić information content (AvgIpc) is 2.99. The van der Waals surface area contributed by atoms with Gasteiger partial charge in [-0.3, -0.25) is 4.79 Å². The Morgan fingerprint density at radius 3 is 2.84 bits per heavy atom. The Bertz CT molecular complexity index is 585. The van der Waals surface area contributed by atoms with E-state index in [-0.39, 0.29) is 5.91 Å². The Labute approximate surface area is 112 Å². The second kappa shape index (κ2) is 5.26. The minimum atomic E-state index is 0.159. The van der Waals surface area contributed by atoms with Crippen molar-refractivity contribution >= 4 is 22.5 Å². The van der Waals surface area contributed by atoms with E-state index in [1.54, 1.807) is 6.20 Å². The maximum atomic E-state index is 12.0. The van der Waals surface area contributed by atoms with Crippen LogP contribution in [0, 0.1) is 0 Å². The molecule has 1 aromatic heterocycles. The molecule has 0 bridgehead atoms. The second-order valence-electron chi connectivity index (χ2n) is 4.82. The summed E-state index contributed by atoms with van der Waals surface area (Å²) in [5, 5.41) is 5.35. The zero-order valence-electron chi connectivity index (χ0n) is 10.8. The molecule has 2 heterocycles. The van der Waals surface area contributed by atoms with Crippen LogP contribution in [0.5, 0.6) is 0 Å². The maximum Gasteiger partial charge on any atom is 0.241 e. The van der Waals surface area contributed by atoms with E-state index in [0.717, 1.165) is 42.5 Å². The van der Waals surface area contributed by atoms with Crippen LogP contribution in [0.2, 0.25) is 0 Å². The van der Waals surface area contributed by atoms with E-state index in [4.69, 9.17) is 0 Å². The number of rotatable bonds is 3.